The summed E-state index contributed by atoms with van der Waals surface area (Å²) in [5.74, 6) is 0. The van der Waals surface area contributed by atoms with Crippen molar-refractivity contribution in [2.75, 3.05) is 0 Å². The molecular formula is C34H20N2S. The summed E-state index contributed by atoms with van der Waals surface area (Å²) in [6.45, 7) is 0. The maximum atomic E-state index is 9.70. The van der Waals surface area contributed by atoms with Crippen LogP contribution in [0.3, 0.4) is 0 Å². The minimum atomic E-state index is 0.682. The summed E-state index contributed by atoms with van der Waals surface area (Å²) in [6.07, 6.45) is 3.70. The third-order valence-corrected chi connectivity index (χ3v) is 8.28. The van der Waals surface area contributed by atoms with Crippen LogP contribution in [0.4, 0.5) is 0 Å². The van der Waals surface area contributed by atoms with Crippen molar-refractivity contribution in [2.24, 2.45) is 0 Å². The van der Waals surface area contributed by atoms with Gasteiger partial charge < -0.3 is 0 Å². The lowest BCUT2D eigenvalue weighted by atomic mass is 9.94. The number of nitriles is 1. The van der Waals surface area contributed by atoms with Gasteiger partial charge in [0.05, 0.1) is 11.6 Å². The second-order valence-electron chi connectivity index (χ2n) is 9.14. The smallest absolute Gasteiger partial charge is 0.0992 e. The van der Waals surface area contributed by atoms with Gasteiger partial charge in [-0.25, -0.2) is 0 Å². The van der Waals surface area contributed by atoms with E-state index in [1.165, 1.54) is 36.9 Å². The SMILES string of the molecule is N#Cc1cc(-c2cccc3c2sc2c(-c4ccc(-c5cccnc5)cc4)cccc23)c2ccccc2c1. The van der Waals surface area contributed by atoms with E-state index in [2.05, 4.69) is 96.0 Å². The van der Waals surface area contributed by atoms with Crippen molar-refractivity contribution in [3.05, 3.63) is 127 Å². The van der Waals surface area contributed by atoms with Crippen molar-refractivity contribution in [2.45, 2.75) is 0 Å². The first kappa shape index (κ1) is 21.5. The maximum absolute atomic E-state index is 9.70. The Morgan fingerprint density at radius 3 is 2.03 bits per heavy atom. The van der Waals surface area contributed by atoms with Crippen LogP contribution >= 0.6 is 11.3 Å². The third kappa shape index (κ3) is 3.59. The highest BCUT2D eigenvalue weighted by Gasteiger charge is 2.16. The van der Waals surface area contributed by atoms with E-state index < -0.39 is 0 Å². The van der Waals surface area contributed by atoms with Crippen LogP contribution in [0, 0.1) is 11.3 Å². The zero-order valence-electron chi connectivity index (χ0n) is 19.8. The number of pyridine rings is 1. The average molecular weight is 489 g/mol. The van der Waals surface area contributed by atoms with Gasteiger partial charge in [0.25, 0.3) is 0 Å². The number of rotatable bonds is 3. The molecule has 0 unspecified atom stereocenters. The van der Waals surface area contributed by atoms with Gasteiger partial charge >= 0.3 is 0 Å². The number of hydrogen-bond acceptors (Lipinski definition) is 3. The maximum Gasteiger partial charge on any atom is 0.0992 e. The van der Waals surface area contributed by atoms with E-state index in [-0.39, 0.29) is 0 Å². The molecule has 7 rings (SSSR count). The minimum absolute atomic E-state index is 0.682. The lowest BCUT2D eigenvalue weighted by Gasteiger charge is -2.09. The normalized spacial score (nSPS) is 11.2. The summed E-state index contributed by atoms with van der Waals surface area (Å²) in [5.41, 5.74) is 7.67. The topological polar surface area (TPSA) is 36.7 Å². The highest BCUT2D eigenvalue weighted by atomic mass is 32.1. The van der Waals surface area contributed by atoms with Crippen molar-refractivity contribution >= 4 is 42.3 Å². The Morgan fingerprint density at radius 1 is 0.568 bits per heavy atom. The molecule has 3 heteroatoms. The van der Waals surface area contributed by atoms with Gasteiger partial charge in [-0.05, 0) is 56.8 Å². The van der Waals surface area contributed by atoms with Gasteiger partial charge in [-0.3, -0.25) is 4.98 Å². The van der Waals surface area contributed by atoms with E-state index in [1.807, 2.05) is 41.8 Å². The molecule has 0 atom stereocenters. The van der Waals surface area contributed by atoms with Crippen LogP contribution in [-0.2, 0) is 0 Å². The Kier molecular flexibility index (Phi) is 5.06. The highest BCUT2D eigenvalue weighted by molar-refractivity contribution is 7.26. The molecule has 0 N–H and O–H groups in total. The van der Waals surface area contributed by atoms with Crippen molar-refractivity contribution in [1.29, 1.82) is 5.26 Å². The highest BCUT2D eigenvalue weighted by Crippen LogP contribution is 2.45. The average Bonchev–Trinajstić information content (AvgIpc) is 3.36. The van der Waals surface area contributed by atoms with Crippen molar-refractivity contribution in [3.8, 4) is 39.4 Å². The molecule has 172 valence electrons. The van der Waals surface area contributed by atoms with Crippen LogP contribution in [0.1, 0.15) is 5.56 Å². The Balaban J connectivity index is 1.43. The summed E-state index contributed by atoms with van der Waals surface area (Å²) in [7, 11) is 0. The molecule has 2 heterocycles. The number of aromatic nitrogens is 1. The van der Waals surface area contributed by atoms with Crippen LogP contribution in [0.5, 0.6) is 0 Å². The lowest BCUT2D eigenvalue weighted by molar-refractivity contribution is 1.33. The summed E-state index contributed by atoms with van der Waals surface area (Å²) < 4.78 is 2.52. The monoisotopic (exact) mass is 488 g/mol. The fourth-order valence-electron chi connectivity index (χ4n) is 5.23. The Morgan fingerprint density at radius 2 is 1.27 bits per heavy atom. The van der Waals surface area contributed by atoms with Crippen LogP contribution in [0.25, 0.3) is 64.3 Å². The molecular weight excluding hydrogens is 468 g/mol. The number of hydrogen-bond donors (Lipinski definition) is 0. The Bertz CT molecular complexity index is 1980. The van der Waals surface area contributed by atoms with Crippen LogP contribution in [0.15, 0.2) is 122 Å². The van der Waals surface area contributed by atoms with E-state index >= 15 is 0 Å². The first-order chi connectivity index (χ1) is 18.3. The molecule has 2 aromatic heterocycles. The van der Waals surface area contributed by atoms with Gasteiger partial charge in [-0.2, -0.15) is 5.26 Å². The number of fused-ring (bicyclic) bond motifs is 4. The predicted octanol–water partition coefficient (Wildman–Crippen LogP) is 9.48. The first-order valence-corrected chi connectivity index (χ1v) is 13.0. The number of thiophene rings is 1. The molecule has 0 aliphatic heterocycles. The molecule has 0 radical (unpaired) electrons. The molecule has 0 aliphatic rings. The molecule has 0 bridgehead atoms. The zero-order chi connectivity index (χ0) is 24.8. The van der Waals surface area contributed by atoms with Crippen LogP contribution in [-0.4, -0.2) is 4.98 Å². The minimum Gasteiger partial charge on any atom is -0.264 e. The number of benzene rings is 5. The van der Waals surface area contributed by atoms with E-state index in [4.69, 9.17) is 0 Å². The molecule has 37 heavy (non-hydrogen) atoms. The third-order valence-electron chi connectivity index (χ3n) is 7.00. The van der Waals surface area contributed by atoms with Crippen molar-refractivity contribution in [3.63, 3.8) is 0 Å². The van der Waals surface area contributed by atoms with Crippen LogP contribution < -0.4 is 0 Å². The van der Waals surface area contributed by atoms with Gasteiger partial charge in [0.15, 0.2) is 0 Å². The zero-order valence-corrected chi connectivity index (χ0v) is 20.7. The number of nitrogens with zero attached hydrogens (tertiary/aromatic N) is 2. The Hall–Kier alpha value is -4.78. The standard InChI is InChI=1S/C34H20N2S/c35-20-22-18-25-6-1-2-8-27(25)32(19-22)31-12-4-11-30-29-10-3-9-28(33(29)37-34(30)31)24-15-13-23(14-16-24)26-7-5-17-36-21-26/h1-19,21H. The van der Waals surface area contributed by atoms with Gasteiger partial charge in [0, 0.05) is 38.1 Å². The second-order valence-corrected chi connectivity index (χ2v) is 10.2. The molecule has 2 nitrogen and oxygen atoms in total. The molecule has 0 spiro atoms. The summed E-state index contributed by atoms with van der Waals surface area (Å²) in [4.78, 5) is 4.25. The fraction of sp³-hybridized carbons (Fsp3) is 0. The van der Waals surface area contributed by atoms with Crippen molar-refractivity contribution in [1.82, 2.24) is 4.98 Å². The molecule has 0 amide bonds. The molecule has 0 saturated carbocycles. The summed E-state index contributed by atoms with van der Waals surface area (Å²) >= 11 is 1.83. The fourth-order valence-corrected chi connectivity index (χ4v) is 6.60. The van der Waals surface area contributed by atoms with E-state index in [1.54, 1.807) is 6.20 Å². The van der Waals surface area contributed by atoms with E-state index in [9.17, 15) is 5.26 Å². The molecule has 0 aliphatic carbocycles. The molecule has 0 saturated heterocycles. The first-order valence-electron chi connectivity index (χ1n) is 12.2. The largest absolute Gasteiger partial charge is 0.264 e. The predicted molar refractivity (Wildman–Crippen MR) is 156 cm³/mol. The van der Waals surface area contributed by atoms with Gasteiger partial charge in [0.2, 0.25) is 0 Å². The summed E-state index contributed by atoms with van der Waals surface area (Å²) in [5, 5.41) is 14.5. The quantitative estimate of drug-likeness (QED) is 0.248. The van der Waals surface area contributed by atoms with Gasteiger partial charge in [0.1, 0.15) is 0 Å². The summed E-state index contributed by atoms with van der Waals surface area (Å²) in [6, 6.07) is 40.6. The van der Waals surface area contributed by atoms with Gasteiger partial charge in [-0.15, -0.1) is 11.3 Å². The van der Waals surface area contributed by atoms with Crippen molar-refractivity contribution < 1.29 is 0 Å². The molecule has 0 fully saturated rings. The lowest BCUT2D eigenvalue weighted by Crippen LogP contribution is -1.85. The van der Waals surface area contributed by atoms with Crippen LogP contribution in [0.2, 0.25) is 0 Å². The van der Waals surface area contributed by atoms with E-state index in [0.29, 0.717) is 5.56 Å². The van der Waals surface area contributed by atoms with E-state index in [0.717, 1.165) is 27.5 Å². The van der Waals surface area contributed by atoms with Gasteiger partial charge in [-0.1, -0.05) is 91.0 Å². The molecule has 7 aromatic rings. The molecule has 5 aromatic carbocycles. The Labute approximate surface area is 218 Å². The second kappa shape index (κ2) is 8.71.